The van der Waals surface area contributed by atoms with E-state index in [1.807, 2.05) is 32.0 Å². The molecule has 1 aromatic carbocycles. The number of carbonyl (C=O) groups is 2. The van der Waals surface area contributed by atoms with Gasteiger partial charge < -0.3 is 15.2 Å². The molecule has 0 aliphatic carbocycles. The number of carboxylic acids is 1. The van der Waals surface area contributed by atoms with Gasteiger partial charge in [0.25, 0.3) is 0 Å². The van der Waals surface area contributed by atoms with E-state index in [-0.39, 0.29) is 19.0 Å². The number of aryl methyl sites for hydroxylation is 2. The maximum absolute atomic E-state index is 11.8. The molecule has 0 bridgehead atoms. The number of nitrogens with one attached hydrogen (secondary N) is 1. The Bertz CT molecular complexity index is 757. The zero-order chi connectivity index (χ0) is 18.9. The van der Waals surface area contributed by atoms with Gasteiger partial charge in [0.05, 0.1) is 19.3 Å². The van der Waals surface area contributed by atoms with Gasteiger partial charge >= 0.3 is 5.97 Å². The first-order valence-corrected chi connectivity index (χ1v) is 8.51. The van der Waals surface area contributed by atoms with Gasteiger partial charge in [0, 0.05) is 6.42 Å². The molecule has 0 radical (unpaired) electrons. The van der Waals surface area contributed by atoms with Crippen LogP contribution in [0.5, 0.6) is 5.75 Å². The van der Waals surface area contributed by atoms with Crippen LogP contribution in [0, 0.1) is 13.8 Å². The third kappa shape index (κ3) is 6.54. The van der Waals surface area contributed by atoms with Gasteiger partial charge in [-0.15, -0.1) is 5.10 Å². The largest absolute Gasteiger partial charge is 0.493 e. The number of hydrogen-bond acceptors (Lipinski definition) is 5. The van der Waals surface area contributed by atoms with Crippen LogP contribution in [0.15, 0.2) is 24.4 Å². The van der Waals surface area contributed by atoms with Crippen LogP contribution in [-0.2, 0) is 22.7 Å². The second-order valence-electron chi connectivity index (χ2n) is 6.15. The van der Waals surface area contributed by atoms with Gasteiger partial charge in [-0.1, -0.05) is 17.3 Å². The lowest BCUT2D eigenvalue weighted by molar-refractivity contribution is -0.138. The lowest BCUT2D eigenvalue weighted by Gasteiger charge is -2.09. The van der Waals surface area contributed by atoms with Crippen molar-refractivity contribution in [3.05, 3.63) is 41.2 Å². The van der Waals surface area contributed by atoms with Crippen molar-refractivity contribution in [2.45, 2.75) is 46.2 Å². The molecule has 0 aliphatic heterocycles. The highest BCUT2D eigenvalue weighted by Crippen LogP contribution is 2.19. The van der Waals surface area contributed by atoms with Crippen LogP contribution < -0.4 is 10.1 Å². The summed E-state index contributed by atoms with van der Waals surface area (Å²) >= 11 is 0. The minimum atomic E-state index is -0.992. The number of rotatable bonds is 10. The molecule has 8 nitrogen and oxygen atoms in total. The molecule has 2 rings (SSSR count). The van der Waals surface area contributed by atoms with E-state index in [1.165, 1.54) is 10.9 Å². The summed E-state index contributed by atoms with van der Waals surface area (Å²) in [6.45, 7) is 4.59. The van der Waals surface area contributed by atoms with Gasteiger partial charge in [0.1, 0.15) is 18.0 Å². The Morgan fingerprint density at radius 2 is 2.08 bits per heavy atom. The number of carbonyl (C=O) groups excluding carboxylic acids is 1. The quantitative estimate of drug-likeness (QED) is 0.626. The predicted octanol–water partition coefficient (Wildman–Crippen LogP) is 1.85. The number of amides is 1. The normalized spacial score (nSPS) is 10.5. The monoisotopic (exact) mass is 360 g/mol. The van der Waals surface area contributed by atoms with Gasteiger partial charge in [0.2, 0.25) is 5.91 Å². The van der Waals surface area contributed by atoms with E-state index in [4.69, 9.17) is 9.84 Å². The van der Waals surface area contributed by atoms with Crippen molar-refractivity contribution in [1.29, 1.82) is 0 Å². The number of hydrogen-bond donors (Lipinski definition) is 2. The summed E-state index contributed by atoms with van der Waals surface area (Å²) in [6.07, 6.45) is 3.42. The zero-order valence-corrected chi connectivity index (χ0v) is 15.1. The van der Waals surface area contributed by atoms with Crippen molar-refractivity contribution in [2.24, 2.45) is 0 Å². The Morgan fingerprint density at radius 1 is 1.27 bits per heavy atom. The Kier molecular flexibility index (Phi) is 7.13. The maximum atomic E-state index is 11.8. The topological polar surface area (TPSA) is 106 Å². The molecular weight excluding hydrogens is 336 g/mol. The summed E-state index contributed by atoms with van der Waals surface area (Å²) in [6, 6.07) is 6.09. The maximum Gasteiger partial charge on any atom is 0.325 e. The molecule has 0 saturated heterocycles. The zero-order valence-electron chi connectivity index (χ0n) is 15.1. The first kappa shape index (κ1) is 19.4. The van der Waals surface area contributed by atoms with Crippen molar-refractivity contribution in [2.75, 3.05) is 6.61 Å². The third-order valence-corrected chi connectivity index (χ3v) is 3.75. The Hall–Kier alpha value is -2.90. The van der Waals surface area contributed by atoms with E-state index in [0.717, 1.165) is 29.7 Å². The molecule has 0 aliphatic rings. The molecule has 0 atom stereocenters. The van der Waals surface area contributed by atoms with Crippen LogP contribution in [0.25, 0.3) is 0 Å². The van der Waals surface area contributed by atoms with E-state index in [9.17, 15) is 9.59 Å². The van der Waals surface area contributed by atoms with Gasteiger partial charge in [-0.25, -0.2) is 4.68 Å². The fourth-order valence-electron chi connectivity index (χ4n) is 2.35. The summed E-state index contributed by atoms with van der Waals surface area (Å²) < 4.78 is 6.98. The SMILES string of the molecule is Cc1ccc(C)c(OCCCCC(=O)NCc2cn(CC(=O)O)nn2)c1. The number of benzene rings is 1. The molecular formula is C18H24N4O4. The van der Waals surface area contributed by atoms with Crippen LogP contribution in [-0.4, -0.2) is 38.6 Å². The highest BCUT2D eigenvalue weighted by Gasteiger charge is 2.07. The van der Waals surface area contributed by atoms with Crippen molar-refractivity contribution >= 4 is 11.9 Å². The molecule has 2 N–H and O–H groups in total. The summed E-state index contributed by atoms with van der Waals surface area (Å²) in [4.78, 5) is 22.4. The summed E-state index contributed by atoms with van der Waals surface area (Å²) in [5.41, 5.74) is 2.78. The van der Waals surface area contributed by atoms with Crippen molar-refractivity contribution < 1.29 is 19.4 Å². The molecule has 0 fully saturated rings. The summed E-state index contributed by atoms with van der Waals surface area (Å²) in [5, 5.41) is 18.9. The highest BCUT2D eigenvalue weighted by molar-refractivity contribution is 5.75. The average Bonchev–Trinajstić information content (AvgIpc) is 3.02. The van der Waals surface area contributed by atoms with Gasteiger partial charge in [0.15, 0.2) is 0 Å². The fraction of sp³-hybridized carbons (Fsp3) is 0.444. The molecule has 140 valence electrons. The molecule has 26 heavy (non-hydrogen) atoms. The van der Waals surface area contributed by atoms with Crippen LogP contribution in [0.1, 0.15) is 36.1 Å². The van der Waals surface area contributed by atoms with Crippen LogP contribution in [0.2, 0.25) is 0 Å². The fourth-order valence-corrected chi connectivity index (χ4v) is 2.35. The number of aromatic nitrogens is 3. The lowest BCUT2D eigenvalue weighted by atomic mass is 10.1. The van der Waals surface area contributed by atoms with E-state index < -0.39 is 5.97 Å². The number of unbranched alkanes of at least 4 members (excludes halogenated alkanes) is 1. The van der Waals surface area contributed by atoms with E-state index in [2.05, 4.69) is 15.6 Å². The third-order valence-electron chi connectivity index (χ3n) is 3.75. The van der Waals surface area contributed by atoms with Crippen molar-refractivity contribution in [3.8, 4) is 5.75 Å². The second kappa shape index (κ2) is 9.55. The van der Waals surface area contributed by atoms with Crippen molar-refractivity contribution in [1.82, 2.24) is 20.3 Å². The molecule has 2 aromatic rings. The van der Waals surface area contributed by atoms with E-state index in [0.29, 0.717) is 18.7 Å². The number of carboxylic acid groups (broad SMARTS) is 1. The van der Waals surface area contributed by atoms with Crippen molar-refractivity contribution in [3.63, 3.8) is 0 Å². The minimum Gasteiger partial charge on any atom is -0.493 e. The lowest BCUT2D eigenvalue weighted by Crippen LogP contribution is -2.22. The summed E-state index contributed by atoms with van der Waals surface area (Å²) in [5.74, 6) is -0.183. The highest BCUT2D eigenvalue weighted by atomic mass is 16.5. The standard InChI is InChI=1S/C18H24N4O4/c1-13-6-7-14(2)16(9-13)26-8-4-3-5-17(23)19-10-15-11-22(21-20-15)12-18(24)25/h6-7,9,11H,3-5,8,10,12H2,1-2H3,(H,19,23)(H,24,25). The number of ether oxygens (including phenoxy) is 1. The first-order valence-electron chi connectivity index (χ1n) is 8.51. The van der Waals surface area contributed by atoms with E-state index in [1.54, 1.807) is 0 Å². The van der Waals surface area contributed by atoms with Gasteiger partial charge in [-0.2, -0.15) is 0 Å². The van der Waals surface area contributed by atoms with Crippen LogP contribution in [0.3, 0.4) is 0 Å². The van der Waals surface area contributed by atoms with Gasteiger partial charge in [-0.3, -0.25) is 9.59 Å². The molecule has 1 amide bonds. The van der Waals surface area contributed by atoms with Crippen LogP contribution in [0.4, 0.5) is 0 Å². The molecule has 0 spiro atoms. The Labute approximate surface area is 152 Å². The second-order valence-corrected chi connectivity index (χ2v) is 6.15. The summed E-state index contributed by atoms with van der Waals surface area (Å²) in [7, 11) is 0. The molecule has 0 saturated carbocycles. The van der Waals surface area contributed by atoms with E-state index >= 15 is 0 Å². The molecule has 1 heterocycles. The predicted molar refractivity (Wildman–Crippen MR) is 94.8 cm³/mol. The average molecular weight is 360 g/mol. The smallest absolute Gasteiger partial charge is 0.325 e. The first-order chi connectivity index (χ1) is 12.4. The Morgan fingerprint density at radius 3 is 2.85 bits per heavy atom. The molecule has 8 heteroatoms. The minimum absolute atomic E-state index is 0.0791. The van der Waals surface area contributed by atoms with Gasteiger partial charge in [-0.05, 0) is 43.9 Å². The number of nitrogens with zero attached hydrogens (tertiary/aromatic N) is 3. The number of aliphatic carboxylic acids is 1. The molecule has 0 unspecified atom stereocenters. The Balaban J connectivity index is 1.61. The van der Waals surface area contributed by atoms with Crippen LogP contribution >= 0.6 is 0 Å². The molecule has 1 aromatic heterocycles.